The molecular formula is C23H34N2O. The number of hydrogen-bond acceptors (Lipinski definition) is 3. The molecule has 4 rings (SSSR count). The van der Waals surface area contributed by atoms with Crippen molar-refractivity contribution in [2.24, 2.45) is 11.3 Å². The summed E-state index contributed by atoms with van der Waals surface area (Å²) in [7, 11) is 0. The second-order valence-corrected chi connectivity index (χ2v) is 10.6. The predicted octanol–water partition coefficient (Wildman–Crippen LogP) is 6.05. The molecule has 26 heavy (non-hydrogen) atoms. The summed E-state index contributed by atoms with van der Waals surface area (Å²) in [6.45, 7) is 15.9. The Bertz CT molecular complexity index is 798. The van der Waals surface area contributed by atoms with Crippen molar-refractivity contribution in [3.8, 4) is 0 Å². The molecular weight excluding hydrogens is 320 g/mol. The van der Waals surface area contributed by atoms with E-state index in [-0.39, 0.29) is 5.41 Å². The summed E-state index contributed by atoms with van der Waals surface area (Å²) in [5.41, 5.74) is 5.39. The average Bonchev–Trinajstić information content (AvgIpc) is 3.17. The zero-order valence-electron chi connectivity index (χ0n) is 17.4. The Balaban J connectivity index is 1.53. The van der Waals surface area contributed by atoms with Gasteiger partial charge in [-0.15, -0.1) is 0 Å². The van der Waals surface area contributed by atoms with E-state index in [1.165, 1.54) is 42.2 Å². The average molecular weight is 355 g/mol. The molecule has 1 saturated carbocycles. The maximum atomic E-state index is 5.84. The molecule has 2 heterocycles. The molecule has 0 saturated heterocycles. The van der Waals surface area contributed by atoms with Crippen molar-refractivity contribution in [1.29, 1.82) is 0 Å². The lowest BCUT2D eigenvalue weighted by molar-refractivity contribution is 0.0943. The summed E-state index contributed by atoms with van der Waals surface area (Å²) >= 11 is 0. The molecule has 0 unspecified atom stereocenters. The van der Waals surface area contributed by atoms with Gasteiger partial charge in [0.25, 0.3) is 0 Å². The summed E-state index contributed by atoms with van der Waals surface area (Å²) in [5, 5.41) is 5.63. The van der Waals surface area contributed by atoms with Gasteiger partial charge in [-0.1, -0.05) is 52.8 Å². The van der Waals surface area contributed by atoms with Gasteiger partial charge in [0.1, 0.15) is 0 Å². The van der Waals surface area contributed by atoms with E-state index in [1.807, 2.05) is 0 Å². The van der Waals surface area contributed by atoms with Crippen LogP contribution in [0.3, 0.4) is 0 Å². The Hall–Kier alpha value is -1.35. The first-order valence-electron chi connectivity index (χ1n) is 10.3. The van der Waals surface area contributed by atoms with Crippen LogP contribution in [0.5, 0.6) is 0 Å². The highest BCUT2D eigenvalue weighted by Crippen LogP contribution is 2.42. The van der Waals surface area contributed by atoms with Crippen LogP contribution in [-0.2, 0) is 18.5 Å². The Kier molecular flexibility index (Phi) is 4.22. The molecule has 3 nitrogen and oxygen atoms in total. The SMILES string of the molecule is CC(C)(C)c1noc2c3c(ccc12)CN(C1CCC(C(C)(C)C)CC1)C3. The van der Waals surface area contributed by atoms with Crippen LogP contribution in [0.15, 0.2) is 16.7 Å². The fourth-order valence-corrected chi connectivity index (χ4v) is 5.01. The quantitative estimate of drug-likeness (QED) is 0.624. The molecule has 0 spiro atoms. The van der Waals surface area contributed by atoms with E-state index >= 15 is 0 Å². The summed E-state index contributed by atoms with van der Waals surface area (Å²) in [6, 6.07) is 5.26. The predicted molar refractivity (Wildman–Crippen MR) is 107 cm³/mol. The topological polar surface area (TPSA) is 29.3 Å². The smallest absolute Gasteiger partial charge is 0.171 e. The van der Waals surface area contributed by atoms with Gasteiger partial charge in [0.2, 0.25) is 0 Å². The third kappa shape index (κ3) is 3.09. The number of benzene rings is 1. The summed E-state index contributed by atoms with van der Waals surface area (Å²) in [5.74, 6) is 0.874. The number of fused-ring (bicyclic) bond motifs is 3. The fourth-order valence-electron chi connectivity index (χ4n) is 5.01. The molecule has 1 aromatic heterocycles. The largest absolute Gasteiger partial charge is 0.356 e. The minimum Gasteiger partial charge on any atom is -0.356 e. The molecule has 2 aliphatic rings. The lowest BCUT2D eigenvalue weighted by Crippen LogP contribution is -2.36. The zero-order chi connectivity index (χ0) is 18.7. The van der Waals surface area contributed by atoms with Crippen LogP contribution < -0.4 is 0 Å². The van der Waals surface area contributed by atoms with Crippen LogP contribution in [0.4, 0.5) is 0 Å². The van der Waals surface area contributed by atoms with E-state index in [0.29, 0.717) is 5.41 Å². The van der Waals surface area contributed by atoms with Crippen molar-refractivity contribution in [3.05, 3.63) is 29.0 Å². The number of hydrogen-bond donors (Lipinski definition) is 0. The van der Waals surface area contributed by atoms with Gasteiger partial charge in [0.05, 0.1) is 5.69 Å². The Morgan fingerprint density at radius 1 is 0.962 bits per heavy atom. The molecule has 0 N–H and O–H groups in total. The van der Waals surface area contributed by atoms with Gasteiger partial charge >= 0.3 is 0 Å². The van der Waals surface area contributed by atoms with E-state index in [4.69, 9.17) is 4.52 Å². The first kappa shape index (κ1) is 18.0. The van der Waals surface area contributed by atoms with Crippen molar-refractivity contribution < 1.29 is 4.52 Å². The highest BCUT2D eigenvalue weighted by atomic mass is 16.5. The van der Waals surface area contributed by atoms with Crippen LogP contribution >= 0.6 is 0 Å². The summed E-state index contributed by atoms with van der Waals surface area (Å²) < 4.78 is 5.84. The van der Waals surface area contributed by atoms with Gasteiger partial charge in [-0.2, -0.15) is 0 Å². The van der Waals surface area contributed by atoms with E-state index in [9.17, 15) is 0 Å². The molecule has 1 aromatic carbocycles. The molecule has 2 aromatic rings. The molecule has 1 fully saturated rings. The third-order valence-electron chi connectivity index (χ3n) is 6.72. The number of aromatic nitrogens is 1. The highest BCUT2D eigenvalue weighted by molar-refractivity contribution is 5.84. The third-order valence-corrected chi connectivity index (χ3v) is 6.72. The molecule has 0 bridgehead atoms. The van der Waals surface area contributed by atoms with Gasteiger partial charge in [-0.25, -0.2) is 0 Å². The van der Waals surface area contributed by atoms with Gasteiger partial charge in [0.15, 0.2) is 5.58 Å². The van der Waals surface area contributed by atoms with Gasteiger partial charge in [-0.05, 0) is 48.6 Å². The molecule has 0 atom stereocenters. The Morgan fingerprint density at radius 3 is 2.27 bits per heavy atom. The zero-order valence-corrected chi connectivity index (χ0v) is 17.4. The van der Waals surface area contributed by atoms with Crippen LogP contribution in [0.1, 0.15) is 84.0 Å². The van der Waals surface area contributed by atoms with E-state index in [2.05, 4.69) is 63.7 Å². The Morgan fingerprint density at radius 2 is 1.65 bits per heavy atom. The van der Waals surface area contributed by atoms with Crippen LogP contribution in [0.25, 0.3) is 11.0 Å². The molecule has 0 radical (unpaired) electrons. The summed E-state index contributed by atoms with van der Waals surface area (Å²) in [4.78, 5) is 2.68. The molecule has 1 aliphatic carbocycles. The molecule has 1 aliphatic heterocycles. The Labute approximate surface area is 158 Å². The normalized spacial score (nSPS) is 25.0. The number of nitrogens with zero attached hydrogens (tertiary/aromatic N) is 2. The van der Waals surface area contributed by atoms with Gasteiger partial charge < -0.3 is 4.52 Å². The minimum atomic E-state index is 0.0170. The van der Waals surface area contributed by atoms with Crippen LogP contribution in [0, 0.1) is 11.3 Å². The molecule has 142 valence electrons. The van der Waals surface area contributed by atoms with E-state index in [0.717, 1.165) is 36.3 Å². The van der Waals surface area contributed by atoms with Crippen LogP contribution in [-0.4, -0.2) is 16.1 Å². The highest BCUT2D eigenvalue weighted by Gasteiger charge is 2.35. The van der Waals surface area contributed by atoms with Crippen molar-refractivity contribution in [2.45, 2.75) is 91.8 Å². The molecule has 0 amide bonds. The second-order valence-electron chi connectivity index (χ2n) is 10.6. The van der Waals surface area contributed by atoms with Gasteiger partial charge in [-0.3, -0.25) is 4.90 Å². The van der Waals surface area contributed by atoms with Crippen molar-refractivity contribution in [2.75, 3.05) is 0 Å². The first-order chi connectivity index (χ1) is 12.1. The van der Waals surface area contributed by atoms with E-state index < -0.39 is 0 Å². The van der Waals surface area contributed by atoms with Gasteiger partial charge in [0, 0.05) is 35.5 Å². The fraction of sp³-hybridized carbons (Fsp3) is 0.696. The minimum absolute atomic E-state index is 0.0170. The van der Waals surface area contributed by atoms with Crippen molar-refractivity contribution in [3.63, 3.8) is 0 Å². The maximum Gasteiger partial charge on any atom is 0.171 e. The lowest BCUT2D eigenvalue weighted by atomic mass is 9.71. The van der Waals surface area contributed by atoms with Crippen molar-refractivity contribution in [1.82, 2.24) is 10.1 Å². The lowest BCUT2D eigenvalue weighted by Gasteiger charge is -2.39. The van der Waals surface area contributed by atoms with Crippen molar-refractivity contribution >= 4 is 11.0 Å². The standard InChI is InChI=1S/C23H34N2O/c1-22(2,3)16-8-10-17(11-9-16)25-13-15-7-12-18-20(19(15)14-25)26-24-21(18)23(4,5)6/h7,12,16-17H,8-11,13-14H2,1-6H3. The van der Waals surface area contributed by atoms with E-state index in [1.54, 1.807) is 0 Å². The maximum absolute atomic E-state index is 5.84. The van der Waals surface area contributed by atoms with Crippen LogP contribution in [0.2, 0.25) is 0 Å². The first-order valence-corrected chi connectivity index (χ1v) is 10.3. The number of rotatable bonds is 1. The second kappa shape index (κ2) is 6.09. The molecule has 3 heteroatoms. The monoisotopic (exact) mass is 354 g/mol. The summed E-state index contributed by atoms with van der Waals surface area (Å²) in [6.07, 6.45) is 5.41.